The zero-order valence-electron chi connectivity index (χ0n) is 16.5. The standard InChI is InChI=1S/C20H21F2N3O5.ClH/c21-13-5-12-16(25(11-1-2-11)7-14(18(12)26)30-19(27)28)15(22)17(13)24-6-10-3-4-29-20(10,8-23)9-24;/h5,7,10-11H,1-4,6,8-9,23H2,(H,27,28);1H/t10-,20?;/m1./s1. The number of hydrogen-bond acceptors (Lipinski definition) is 6. The SMILES string of the molecule is Cl.NCC12CN(c3c(F)cc4c(=O)c(OC(=O)O)cn(C5CC5)c4c3F)C[C@H]1CCO2. The zero-order chi connectivity index (χ0) is 21.2. The molecule has 1 unspecified atom stereocenters. The Kier molecular flexibility index (Phi) is 5.35. The van der Waals surface area contributed by atoms with Crippen LogP contribution in [-0.2, 0) is 4.74 Å². The second kappa shape index (κ2) is 7.61. The molecule has 2 aromatic rings. The molecule has 0 radical (unpaired) electrons. The van der Waals surface area contributed by atoms with Crippen molar-refractivity contribution in [1.82, 2.24) is 4.57 Å². The van der Waals surface area contributed by atoms with Crippen LogP contribution in [0.1, 0.15) is 25.3 Å². The molecule has 3 heterocycles. The lowest BCUT2D eigenvalue weighted by Crippen LogP contribution is -2.44. The van der Waals surface area contributed by atoms with Crippen LogP contribution in [-0.4, -0.2) is 47.7 Å². The molecular weight excluding hydrogens is 436 g/mol. The number of halogens is 3. The van der Waals surface area contributed by atoms with Crippen molar-refractivity contribution in [3.05, 3.63) is 34.1 Å². The summed E-state index contributed by atoms with van der Waals surface area (Å²) in [6.07, 6.45) is 1.79. The van der Waals surface area contributed by atoms with Gasteiger partial charge in [-0.2, -0.15) is 0 Å². The first-order chi connectivity index (χ1) is 14.3. The van der Waals surface area contributed by atoms with Gasteiger partial charge >= 0.3 is 6.16 Å². The first-order valence-electron chi connectivity index (χ1n) is 9.91. The molecule has 3 aliphatic rings. The van der Waals surface area contributed by atoms with E-state index in [0.717, 1.165) is 25.3 Å². The second-order valence-electron chi connectivity index (χ2n) is 8.23. The monoisotopic (exact) mass is 457 g/mol. The molecule has 0 spiro atoms. The van der Waals surface area contributed by atoms with Crippen LogP contribution >= 0.6 is 12.4 Å². The quantitative estimate of drug-likeness (QED) is 0.679. The van der Waals surface area contributed by atoms with Crippen molar-refractivity contribution in [3.8, 4) is 5.75 Å². The van der Waals surface area contributed by atoms with Gasteiger partial charge in [0.15, 0.2) is 11.6 Å². The van der Waals surface area contributed by atoms with Gasteiger partial charge in [-0.1, -0.05) is 0 Å². The number of pyridine rings is 1. The highest BCUT2D eigenvalue weighted by Gasteiger charge is 2.51. The van der Waals surface area contributed by atoms with E-state index in [1.807, 2.05) is 0 Å². The molecule has 5 rings (SSSR count). The molecule has 2 saturated heterocycles. The smallest absolute Gasteiger partial charge is 0.449 e. The number of benzene rings is 1. The summed E-state index contributed by atoms with van der Waals surface area (Å²) in [5, 5.41) is 8.64. The van der Waals surface area contributed by atoms with Gasteiger partial charge in [-0.05, 0) is 25.3 Å². The molecule has 168 valence electrons. The summed E-state index contributed by atoms with van der Waals surface area (Å²) in [5.41, 5.74) is 4.17. The van der Waals surface area contributed by atoms with E-state index >= 15 is 8.78 Å². The molecule has 3 N–H and O–H groups in total. The van der Waals surface area contributed by atoms with Crippen molar-refractivity contribution in [1.29, 1.82) is 0 Å². The normalized spacial score (nSPS) is 24.9. The van der Waals surface area contributed by atoms with Crippen LogP contribution in [0.2, 0.25) is 0 Å². The highest BCUT2D eigenvalue weighted by molar-refractivity contribution is 5.86. The Bertz CT molecular complexity index is 1120. The van der Waals surface area contributed by atoms with Crippen molar-refractivity contribution in [2.75, 3.05) is 31.1 Å². The van der Waals surface area contributed by atoms with Gasteiger partial charge in [-0.3, -0.25) is 4.79 Å². The van der Waals surface area contributed by atoms with E-state index in [4.69, 9.17) is 15.6 Å². The van der Waals surface area contributed by atoms with Gasteiger partial charge in [0, 0.05) is 38.2 Å². The van der Waals surface area contributed by atoms with Crippen LogP contribution in [0.4, 0.5) is 19.3 Å². The number of ether oxygens (including phenoxy) is 2. The Balaban J connectivity index is 0.00000231. The number of hydrogen-bond donors (Lipinski definition) is 2. The lowest BCUT2D eigenvalue weighted by atomic mass is 9.91. The van der Waals surface area contributed by atoms with Gasteiger partial charge in [0.1, 0.15) is 17.1 Å². The summed E-state index contributed by atoms with van der Waals surface area (Å²) in [4.78, 5) is 25.2. The van der Waals surface area contributed by atoms with Gasteiger partial charge in [-0.15, -0.1) is 12.4 Å². The highest BCUT2D eigenvalue weighted by Crippen LogP contribution is 2.44. The predicted octanol–water partition coefficient (Wildman–Crippen LogP) is 2.65. The Labute approximate surface area is 181 Å². The summed E-state index contributed by atoms with van der Waals surface area (Å²) < 4.78 is 42.7. The lowest BCUT2D eigenvalue weighted by Gasteiger charge is -2.27. The average Bonchev–Trinajstić information content (AvgIpc) is 3.36. The molecule has 1 aliphatic carbocycles. The van der Waals surface area contributed by atoms with E-state index < -0.39 is 34.6 Å². The van der Waals surface area contributed by atoms with Crippen molar-refractivity contribution >= 4 is 35.2 Å². The fourth-order valence-electron chi connectivity index (χ4n) is 4.84. The van der Waals surface area contributed by atoms with Crippen LogP contribution in [0.15, 0.2) is 17.1 Å². The third-order valence-electron chi connectivity index (χ3n) is 6.45. The largest absolute Gasteiger partial charge is 0.511 e. The number of anilines is 1. The summed E-state index contributed by atoms with van der Waals surface area (Å²) in [6, 6.07) is 0.863. The molecule has 1 aromatic carbocycles. The molecule has 2 atom stereocenters. The molecule has 1 aromatic heterocycles. The van der Waals surface area contributed by atoms with Crippen LogP contribution in [0.3, 0.4) is 0 Å². The minimum Gasteiger partial charge on any atom is -0.449 e. The van der Waals surface area contributed by atoms with Crippen LogP contribution in [0.5, 0.6) is 5.75 Å². The van der Waals surface area contributed by atoms with Crippen LogP contribution in [0, 0.1) is 17.6 Å². The van der Waals surface area contributed by atoms with E-state index in [0.29, 0.717) is 13.2 Å². The van der Waals surface area contributed by atoms with E-state index in [-0.39, 0.29) is 54.0 Å². The molecule has 8 nitrogen and oxygen atoms in total. The van der Waals surface area contributed by atoms with Gasteiger partial charge in [-0.25, -0.2) is 13.6 Å². The minimum absolute atomic E-state index is 0. The fourth-order valence-corrected chi connectivity index (χ4v) is 4.84. The Morgan fingerprint density at radius 1 is 1.35 bits per heavy atom. The van der Waals surface area contributed by atoms with Crippen molar-refractivity contribution in [2.45, 2.75) is 30.9 Å². The van der Waals surface area contributed by atoms with Crippen LogP contribution in [0.25, 0.3) is 10.9 Å². The third-order valence-corrected chi connectivity index (χ3v) is 6.45. The minimum atomic E-state index is -1.66. The summed E-state index contributed by atoms with van der Waals surface area (Å²) in [5.74, 6) is -2.13. The molecule has 0 bridgehead atoms. The van der Waals surface area contributed by atoms with Gasteiger partial charge < -0.3 is 29.8 Å². The second-order valence-corrected chi connectivity index (χ2v) is 8.23. The summed E-state index contributed by atoms with van der Waals surface area (Å²) >= 11 is 0. The number of aromatic nitrogens is 1. The number of nitrogens with zero attached hydrogens (tertiary/aromatic N) is 2. The van der Waals surface area contributed by atoms with E-state index in [1.165, 1.54) is 10.8 Å². The van der Waals surface area contributed by atoms with Crippen molar-refractivity contribution < 1.29 is 28.2 Å². The number of carboxylic acid groups (broad SMARTS) is 1. The zero-order valence-corrected chi connectivity index (χ0v) is 17.3. The van der Waals surface area contributed by atoms with Gasteiger partial charge in [0.2, 0.25) is 5.43 Å². The molecule has 2 aliphatic heterocycles. The molecular formula is C20H22ClF2N3O5. The Morgan fingerprint density at radius 3 is 2.71 bits per heavy atom. The number of rotatable bonds is 4. The van der Waals surface area contributed by atoms with E-state index in [9.17, 15) is 9.59 Å². The third kappa shape index (κ3) is 3.33. The van der Waals surface area contributed by atoms with Gasteiger partial charge in [0.25, 0.3) is 0 Å². The molecule has 0 amide bonds. The number of nitrogens with two attached hydrogens (primary N) is 1. The van der Waals surface area contributed by atoms with Crippen LogP contribution < -0.4 is 20.8 Å². The molecule has 31 heavy (non-hydrogen) atoms. The van der Waals surface area contributed by atoms with E-state index in [2.05, 4.69) is 4.74 Å². The first kappa shape index (κ1) is 21.8. The summed E-state index contributed by atoms with van der Waals surface area (Å²) in [7, 11) is 0. The summed E-state index contributed by atoms with van der Waals surface area (Å²) in [6.45, 7) is 1.51. The van der Waals surface area contributed by atoms with Crippen molar-refractivity contribution in [2.24, 2.45) is 11.7 Å². The Morgan fingerprint density at radius 2 is 2.10 bits per heavy atom. The predicted molar refractivity (Wildman–Crippen MR) is 110 cm³/mol. The Hall–Kier alpha value is -2.43. The maximum Gasteiger partial charge on any atom is 0.511 e. The fraction of sp³-hybridized carbons (Fsp3) is 0.500. The maximum absolute atomic E-state index is 15.7. The average molecular weight is 458 g/mol. The first-order valence-corrected chi connectivity index (χ1v) is 9.91. The van der Waals surface area contributed by atoms with Crippen molar-refractivity contribution in [3.63, 3.8) is 0 Å². The topological polar surface area (TPSA) is 107 Å². The highest BCUT2D eigenvalue weighted by atomic mass is 35.5. The van der Waals surface area contributed by atoms with Gasteiger partial charge in [0.05, 0.1) is 17.1 Å². The molecule has 11 heteroatoms. The maximum atomic E-state index is 15.7. The number of carbonyl (C=O) groups is 1. The molecule has 1 saturated carbocycles. The number of fused-ring (bicyclic) bond motifs is 2. The molecule has 3 fully saturated rings. The van der Waals surface area contributed by atoms with E-state index in [1.54, 1.807) is 4.90 Å². The lowest BCUT2D eigenvalue weighted by molar-refractivity contribution is 0.0126.